The van der Waals surface area contributed by atoms with E-state index < -0.39 is 5.56 Å². The molecule has 6 heteroatoms. The summed E-state index contributed by atoms with van der Waals surface area (Å²) in [5, 5.41) is 2.83. The first-order valence-corrected chi connectivity index (χ1v) is 7.69. The summed E-state index contributed by atoms with van der Waals surface area (Å²) in [6, 6.07) is 12.7. The monoisotopic (exact) mass is 322 g/mol. The summed E-state index contributed by atoms with van der Waals surface area (Å²) < 4.78 is 1.87. The molecule has 3 rings (SSSR count). The predicted molar refractivity (Wildman–Crippen MR) is 91.7 cm³/mol. The molecule has 0 saturated carbocycles. The highest BCUT2D eigenvalue weighted by Gasteiger charge is 2.14. The number of carbonyl (C=O) groups excluding carboxylic acids is 1. The maximum absolute atomic E-state index is 12.3. The lowest BCUT2D eigenvalue weighted by atomic mass is 10.1. The molecule has 6 nitrogen and oxygen atoms in total. The highest BCUT2D eigenvalue weighted by atomic mass is 16.2. The molecule has 0 aliphatic carbocycles. The van der Waals surface area contributed by atoms with Crippen LogP contribution in [0.1, 0.15) is 17.3 Å². The highest BCUT2D eigenvalue weighted by Crippen LogP contribution is 2.14. The van der Waals surface area contributed by atoms with Gasteiger partial charge in [0.1, 0.15) is 5.56 Å². The molecule has 2 aromatic heterocycles. The van der Waals surface area contributed by atoms with E-state index in [0.717, 1.165) is 5.56 Å². The molecule has 1 amide bonds. The van der Waals surface area contributed by atoms with Crippen molar-refractivity contribution in [2.45, 2.75) is 19.5 Å². The number of aromatic nitrogens is 3. The third-order valence-electron chi connectivity index (χ3n) is 3.66. The SMILES string of the molecule is CC(Cn1ccnc1)NC(=O)c1ccc(-c2ccccc2)[nH]c1=O. The lowest BCUT2D eigenvalue weighted by Crippen LogP contribution is -2.38. The van der Waals surface area contributed by atoms with Crippen LogP contribution in [0, 0.1) is 0 Å². The second-order valence-electron chi connectivity index (χ2n) is 5.61. The number of nitrogens with one attached hydrogen (secondary N) is 2. The Morgan fingerprint density at radius 3 is 2.71 bits per heavy atom. The normalized spacial score (nSPS) is 11.9. The first-order chi connectivity index (χ1) is 11.6. The van der Waals surface area contributed by atoms with Crippen LogP contribution in [0.4, 0.5) is 0 Å². The van der Waals surface area contributed by atoms with Crippen LogP contribution < -0.4 is 10.9 Å². The van der Waals surface area contributed by atoms with Crippen molar-refractivity contribution in [3.8, 4) is 11.3 Å². The number of benzene rings is 1. The third-order valence-corrected chi connectivity index (χ3v) is 3.66. The Balaban J connectivity index is 1.72. The van der Waals surface area contributed by atoms with Crippen LogP contribution in [0.25, 0.3) is 11.3 Å². The Bertz CT molecular complexity index is 870. The standard InChI is InChI=1S/C18H18N4O2/c1-13(11-22-10-9-19-12-22)20-17(23)15-7-8-16(21-18(15)24)14-5-3-2-4-6-14/h2-10,12-13H,11H2,1H3,(H,20,23)(H,21,24). The van der Waals surface area contributed by atoms with E-state index in [4.69, 9.17) is 0 Å². The number of imidazole rings is 1. The van der Waals surface area contributed by atoms with Gasteiger partial charge in [-0.1, -0.05) is 30.3 Å². The largest absolute Gasteiger partial charge is 0.348 e. The Kier molecular flexibility index (Phi) is 4.56. The van der Waals surface area contributed by atoms with Gasteiger partial charge >= 0.3 is 0 Å². The fourth-order valence-electron chi connectivity index (χ4n) is 2.50. The van der Waals surface area contributed by atoms with Crippen molar-refractivity contribution in [3.05, 3.63) is 77.1 Å². The van der Waals surface area contributed by atoms with Gasteiger partial charge in [0, 0.05) is 30.7 Å². The van der Waals surface area contributed by atoms with Crippen LogP contribution in [0.3, 0.4) is 0 Å². The second-order valence-corrected chi connectivity index (χ2v) is 5.61. The Hall–Kier alpha value is -3.15. The van der Waals surface area contributed by atoms with E-state index in [9.17, 15) is 9.59 Å². The van der Waals surface area contributed by atoms with Gasteiger partial charge in [0.25, 0.3) is 11.5 Å². The molecule has 3 aromatic rings. The smallest absolute Gasteiger partial charge is 0.261 e. The molecule has 0 spiro atoms. The van der Waals surface area contributed by atoms with Crippen molar-refractivity contribution < 1.29 is 4.79 Å². The minimum absolute atomic E-state index is 0.104. The van der Waals surface area contributed by atoms with Crippen molar-refractivity contribution in [2.24, 2.45) is 0 Å². The van der Waals surface area contributed by atoms with Gasteiger partial charge in [-0.05, 0) is 24.6 Å². The molecular formula is C18H18N4O2. The summed E-state index contributed by atoms with van der Waals surface area (Å²) in [6.45, 7) is 2.47. The van der Waals surface area contributed by atoms with Gasteiger partial charge in [-0.2, -0.15) is 0 Å². The van der Waals surface area contributed by atoms with Crippen molar-refractivity contribution in [3.63, 3.8) is 0 Å². The molecule has 122 valence electrons. The van der Waals surface area contributed by atoms with Crippen LogP contribution >= 0.6 is 0 Å². The number of rotatable bonds is 5. The van der Waals surface area contributed by atoms with E-state index in [1.54, 1.807) is 24.7 Å². The fourth-order valence-corrected chi connectivity index (χ4v) is 2.50. The number of nitrogens with zero attached hydrogens (tertiary/aromatic N) is 2. The number of H-pyrrole nitrogens is 1. The predicted octanol–water partition coefficient (Wildman–Crippen LogP) is 2.06. The molecular weight excluding hydrogens is 304 g/mol. The molecule has 0 aliphatic rings. The number of hydrogen-bond acceptors (Lipinski definition) is 3. The topological polar surface area (TPSA) is 79.8 Å². The van der Waals surface area contributed by atoms with Gasteiger partial charge in [0.05, 0.1) is 6.33 Å². The molecule has 0 radical (unpaired) electrons. The van der Waals surface area contributed by atoms with Crippen molar-refractivity contribution >= 4 is 5.91 Å². The van der Waals surface area contributed by atoms with E-state index >= 15 is 0 Å². The molecule has 1 atom stereocenters. The number of amides is 1. The zero-order valence-electron chi connectivity index (χ0n) is 13.3. The van der Waals surface area contributed by atoms with Gasteiger partial charge in [-0.3, -0.25) is 9.59 Å². The summed E-state index contributed by atoms with van der Waals surface area (Å²) in [4.78, 5) is 31.2. The van der Waals surface area contributed by atoms with Gasteiger partial charge in [-0.15, -0.1) is 0 Å². The Morgan fingerprint density at radius 1 is 1.25 bits per heavy atom. The van der Waals surface area contributed by atoms with Gasteiger partial charge < -0.3 is 14.9 Å². The maximum atomic E-state index is 12.3. The fraction of sp³-hybridized carbons (Fsp3) is 0.167. The average molecular weight is 322 g/mol. The zero-order valence-corrected chi connectivity index (χ0v) is 13.3. The van der Waals surface area contributed by atoms with Crippen LogP contribution in [-0.2, 0) is 6.54 Å². The number of aromatic amines is 1. The summed E-state index contributed by atoms with van der Waals surface area (Å²) in [6.07, 6.45) is 5.19. The summed E-state index contributed by atoms with van der Waals surface area (Å²) in [5.74, 6) is -0.386. The van der Waals surface area contributed by atoms with Crippen LogP contribution in [-0.4, -0.2) is 26.5 Å². The van der Waals surface area contributed by atoms with Crippen molar-refractivity contribution in [2.75, 3.05) is 0 Å². The lowest BCUT2D eigenvalue weighted by molar-refractivity contribution is 0.0935. The molecule has 2 heterocycles. The van der Waals surface area contributed by atoms with E-state index in [0.29, 0.717) is 12.2 Å². The Morgan fingerprint density at radius 2 is 2.04 bits per heavy atom. The number of pyridine rings is 1. The quantitative estimate of drug-likeness (QED) is 0.754. The molecule has 1 aromatic carbocycles. The van der Waals surface area contributed by atoms with Crippen LogP contribution in [0.5, 0.6) is 0 Å². The zero-order chi connectivity index (χ0) is 16.9. The second kappa shape index (κ2) is 6.95. The molecule has 0 saturated heterocycles. The lowest BCUT2D eigenvalue weighted by Gasteiger charge is -2.14. The molecule has 1 unspecified atom stereocenters. The van der Waals surface area contributed by atoms with Crippen molar-refractivity contribution in [1.29, 1.82) is 0 Å². The number of carbonyl (C=O) groups is 1. The van der Waals surface area contributed by atoms with E-state index in [1.165, 1.54) is 0 Å². The first kappa shape index (κ1) is 15.7. The molecule has 0 aliphatic heterocycles. The highest BCUT2D eigenvalue weighted by molar-refractivity contribution is 5.94. The average Bonchev–Trinajstić information content (AvgIpc) is 3.08. The third kappa shape index (κ3) is 3.60. The molecule has 0 fully saturated rings. The van der Waals surface area contributed by atoms with E-state index in [-0.39, 0.29) is 17.5 Å². The first-order valence-electron chi connectivity index (χ1n) is 7.69. The summed E-state index contributed by atoms with van der Waals surface area (Å²) in [7, 11) is 0. The Labute approximate surface area is 139 Å². The minimum Gasteiger partial charge on any atom is -0.348 e. The van der Waals surface area contributed by atoms with E-state index in [2.05, 4.69) is 15.3 Å². The number of hydrogen-bond donors (Lipinski definition) is 2. The van der Waals surface area contributed by atoms with Crippen molar-refractivity contribution in [1.82, 2.24) is 19.9 Å². The van der Waals surface area contributed by atoms with Gasteiger partial charge in [-0.25, -0.2) is 4.98 Å². The molecule has 2 N–H and O–H groups in total. The summed E-state index contributed by atoms with van der Waals surface area (Å²) >= 11 is 0. The van der Waals surface area contributed by atoms with Gasteiger partial charge in [0.2, 0.25) is 0 Å². The summed E-state index contributed by atoms with van der Waals surface area (Å²) in [5.41, 5.74) is 1.29. The molecule has 24 heavy (non-hydrogen) atoms. The molecule has 0 bridgehead atoms. The maximum Gasteiger partial charge on any atom is 0.261 e. The van der Waals surface area contributed by atoms with Crippen LogP contribution in [0.15, 0.2) is 66.0 Å². The van der Waals surface area contributed by atoms with Crippen LogP contribution in [0.2, 0.25) is 0 Å². The van der Waals surface area contributed by atoms with E-state index in [1.807, 2.05) is 48.0 Å². The van der Waals surface area contributed by atoms with Gasteiger partial charge in [0.15, 0.2) is 0 Å². The minimum atomic E-state index is -0.399.